The Labute approximate surface area is 175 Å². The number of rotatable bonds is 7. The van der Waals surface area contributed by atoms with Gasteiger partial charge < -0.3 is 14.5 Å². The van der Waals surface area contributed by atoms with E-state index < -0.39 is 17.0 Å². The van der Waals surface area contributed by atoms with E-state index >= 15 is 0 Å². The minimum absolute atomic E-state index is 0.0518. The summed E-state index contributed by atoms with van der Waals surface area (Å²) in [6, 6.07) is 13.8. The first kappa shape index (κ1) is 21.6. The van der Waals surface area contributed by atoms with Crippen molar-refractivity contribution in [3.8, 4) is 5.88 Å². The molecule has 0 saturated heterocycles. The summed E-state index contributed by atoms with van der Waals surface area (Å²) in [5, 5.41) is 11.5. The minimum Gasteiger partial charge on any atom is -0.473 e. The van der Waals surface area contributed by atoms with E-state index in [9.17, 15) is 9.50 Å². The molecule has 0 aliphatic carbocycles. The summed E-state index contributed by atoms with van der Waals surface area (Å²) in [5.41, 5.74) is 0.167. The van der Waals surface area contributed by atoms with Gasteiger partial charge in [-0.3, -0.25) is 0 Å². The van der Waals surface area contributed by atoms with Gasteiger partial charge in [-0.1, -0.05) is 35.3 Å². The number of aromatic nitrogens is 1. The second-order valence-electron chi connectivity index (χ2n) is 7.93. The van der Waals surface area contributed by atoms with Crippen LogP contribution in [-0.4, -0.2) is 28.8 Å². The molecule has 1 radical (unpaired) electrons. The summed E-state index contributed by atoms with van der Waals surface area (Å²) < 4.78 is 25.4. The first-order chi connectivity index (χ1) is 13.5. The Morgan fingerprint density at radius 2 is 1.79 bits per heavy atom. The lowest BCUT2D eigenvalue weighted by atomic mass is 9.82. The molecule has 4 nitrogen and oxygen atoms in total. The van der Waals surface area contributed by atoms with E-state index in [1.807, 2.05) is 38.1 Å². The summed E-state index contributed by atoms with van der Waals surface area (Å²) in [6.45, 7) is 7.11. The second kappa shape index (κ2) is 8.30. The lowest BCUT2D eigenvalue weighted by molar-refractivity contribution is -0.0893. The van der Waals surface area contributed by atoms with Crippen LogP contribution in [-0.2, 0) is 11.3 Å². The number of pyridine rings is 1. The molecule has 3 rings (SSSR count). The van der Waals surface area contributed by atoms with Crippen LogP contribution in [0.1, 0.15) is 33.3 Å². The number of hydrogen-bond donors (Lipinski definition) is 1. The fraction of sp³-hybridized carbons (Fsp3) is 0.318. The second-order valence-corrected chi connectivity index (χ2v) is 8.37. The van der Waals surface area contributed by atoms with Crippen LogP contribution in [0.25, 0.3) is 10.9 Å². The normalized spacial score (nSPS) is 12.2. The van der Waals surface area contributed by atoms with Gasteiger partial charge in [-0.05, 0) is 52.0 Å². The number of ether oxygens (including phenoxy) is 1. The molecule has 0 atom stereocenters. The maximum atomic E-state index is 13.9. The molecule has 0 aliphatic rings. The molecule has 2 aromatic carbocycles. The standard InChI is InChI=1S/C22H23BClFNO3/c1-21(2,27)22(3,4)29-23-16-8-5-14-7-10-20(26-19(14)11-16)28-13-15-6-9-17(24)12-18(15)25/h5-12,27H,13H2,1-4H3. The van der Waals surface area contributed by atoms with Gasteiger partial charge in [0.2, 0.25) is 5.88 Å². The SMILES string of the molecule is CC(C)(O)C(C)(C)O[B]c1ccc2ccc(OCc3ccc(Cl)cc3F)nc2c1. The van der Waals surface area contributed by atoms with Gasteiger partial charge in [-0.25, -0.2) is 9.37 Å². The summed E-state index contributed by atoms with van der Waals surface area (Å²) in [5.74, 6) is -0.0245. The molecule has 29 heavy (non-hydrogen) atoms. The molecule has 0 unspecified atom stereocenters. The van der Waals surface area contributed by atoms with Gasteiger partial charge in [-0.2, -0.15) is 0 Å². The number of halogens is 2. The Hall–Kier alpha value is -2.15. The molecule has 0 aliphatic heterocycles. The van der Waals surface area contributed by atoms with Crippen molar-refractivity contribution in [2.24, 2.45) is 0 Å². The topological polar surface area (TPSA) is 51.6 Å². The third kappa shape index (κ3) is 5.27. The van der Waals surface area contributed by atoms with Gasteiger partial charge in [0.1, 0.15) is 12.4 Å². The van der Waals surface area contributed by atoms with Crippen LogP contribution in [0.2, 0.25) is 5.02 Å². The van der Waals surface area contributed by atoms with Gasteiger partial charge in [0.05, 0.1) is 16.7 Å². The molecule has 0 amide bonds. The van der Waals surface area contributed by atoms with Gasteiger partial charge in [0.25, 0.3) is 0 Å². The number of hydrogen-bond acceptors (Lipinski definition) is 4. The van der Waals surface area contributed by atoms with Crippen LogP contribution in [0.15, 0.2) is 48.5 Å². The zero-order valence-corrected chi connectivity index (χ0v) is 17.6. The number of benzene rings is 2. The van der Waals surface area contributed by atoms with E-state index in [0.717, 1.165) is 16.4 Å². The van der Waals surface area contributed by atoms with E-state index in [1.54, 1.807) is 39.5 Å². The van der Waals surface area contributed by atoms with Gasteiger partial charge in [0, 0.05) is 22.0 Å². The smallest absolute Gasteiger partial charge is 0.330 e. The number of aliphatic hydroxyl groups is 1. The average molecular weight is 415 g/mol. The van der Waals surface area contributed by atoms with E-state index in [1.165, 1.54) is 6.07 Å². The van der Waals surface area contributed by atoms with Gasteiger partial charge in [-0.15, -0.1) is 0 Å². The van der Waals surface area contributed by atoms with Crippen LogP contribution < -0.4 is 10.2 Å². The zero-order chi connectivity index (χ0) is 21.2. The molecule has 3 aromatic rings. The summed E-state index contributed by atoms with van der Waals surface area (Å²) in [4.78, 5) is 4.50. The maximum absolute atomic E-state index is 13.9. The molecule has 0 bridgehead atoms. The number of nitrogens with zero attached hydrogens (tertiary/aromatic N) is 1. The highest BCUT2D eigenvalue weighted by molar-refractivity contribution is 6.47. The van der Waals surface area contributed by atoms with Gasteiger partial charge in [0.15, 0.2) is 0 Å². The quantitative estimate of drug-likeness (QED) is 0.582. The summed E-state index contributed by atoms with van der Waals surface area (Å²) in [6.07, 6.45) is 0. The van der Waals surface area contributed by atoms with E-state index in [0.29, 0.717) is 16.5 Å². The van der Waals surface area contributed by atoms with Crippen molar-refractivity contribution in [1.82, 2.24) is 4.98 Å². The number of fused-ring (bicyclic) bond motifs is 1. The van der Waals surface area contributed by atoms with Crippen LogP contribution in [0.4, 0.5) is 4.39 Å². The molecule has 0 saturated carbocycles. The summed E-state index contributed by atoms with van der Waals surface area (Å²) >= 11 is 5.77. The molecule has 7 heteroatoms. The van der Waals surface area contributed by atoms with Crippen molar-refractivity contribution < 1.29 is 18.9 Å². The lowest BCUT2D eigenvalue weighted by Crippen LogP contribution is -2.49. The van der Waals surface area contributed by atoms with Crippen LogP contribution in [0.5, 0.6) is 5.88 Å². The predicted molar refractivity (Wildman–Crippen MR) is 114 cm³/mol. The molecule has 0 fully saturated rings. The Kier molecular flexibility index (Phi) is 6.17. The first-order valence-corrected chi connectivity index (χ1v) is 9.64. The van der Waals surface area contributed by atoms with Gasteiger partial charge >= 0.3 is 7.48 Å². The Bertz CT molecular complexity index is 1020. The molecule has 151 valence electrons. The Balaban J connectivity index is 1.73. The Morgan fingerprint density at radius 3 is 2.48 bits per heavy atom. The van der Waals surface area contributed by atoms with Crippen molar-refractivity contribution in [2.75, 3.05) is 0 Å². The first-order valence-electron chi connectivity index (χ1n) is 9.26. The summed E-state index contributed by atoms with van der Waals surface area (Å²) in [7, 11) is 1.61. The molecule has 0 spiro atoms. The predicted octanol–water partition coefficient (Wildman–Crippen LogP) is 4.42. The minimum atomic E-state index is -1.00. The fourth-order valence-electron chi connectivity index (χ4n) is 2.42. The van der Waals surface area contributed by atoms with Crippen molar-refractivity contribution >= 4 is 35.4 Å². The molecule has 1 N–H and O–H groups in total. The van der Waals surface area contributed by atoms with E-state index in [4.69, 9.17) is 21.0 Å². The van der Waals surface area contributed by atoms with Crippen LogP contribution in [0.3, 0.4) is 0 Å². The third-order valence-electron chi connectivity index (χ3n) is 5.04. The van der Waals surface area contributed by atoms with Crippen molar-refractivity contribution in [3.63, 3.8) is 0 Å². The molecular weight excluding hydrogens is 392 g/mol. The maximum Gasteiger partial charge on any atom is 0.330 e. The third-order valence-corrected chi connectivity index (χ3v) is 5.28. The monoisotopic (exact) mass is 414 g/mol. The van der Waals surface area contributed by atoms with Crippen LogP contribution >= 0.6 is 11.6 Å². The average Bonchev–Trinajstić information content (AvgIpc) is 2.64. The van der Waals surface area contributed by atoms with E-state index in [-0.39, 0.29) is 6.61 Å². The largest absolute Gasteiger partial charge is 0.473 e. The zero-order valence-electron chi connectivity index (χ0n) is 16.9. The highest BCUT2D eigenvalue weighted by Gasteiger charge is 2.35. The fourth-order valence-corrected chi connectivity index (χ4v) is 2.58. The Morgan fingerprint density at radius 1 is 1.07 bits per heavy atom. The van der Waals surface area contributed by atoms with E-state index in [2.05, 4.69) is 4.98 Å². The highest BCUT2D eigenvalue weighted by Crippen LogP contribution is 2.24. The lowest BCUT2D eigenvalue weighted by Gasteiger charge is -2.37. The van der Waals surface area contributed by atoms with Crippen molar-refractivity contribution in [1.29, 1.82) is 0 Å². The van der Waals surface area contributed by atoms with Crippen molar-refractivity contribution in [2.45, 2.75) is 45.5 Å². The molecule has 1 heterocycles. The highest BCUT2D eigenvalue weighted by atomic mass is 35.5. The molecule has 1 aromatic heterocycles. The van der Waals surface area contributed by atoms with Crippen molar-refractivity contribution in [3.05, 3.63) is 64.9 Å². The van der Waals surface area contributed by atoms with Crippen LogP contribution in [0, 0.1) is 5.82 Å². The molecular formula is C22H23BClFNO3.